The minimum Gasteiger partial charge on any atom is -0.480 e. The minimum atomic E-state index is -0.950. The third kappa shape index (κ3) is 2.99. The second-order valence-corrected chi connectivity index (χ2v) is 5.27. The maximum atomic E-state index is 12.4. The monoisotopic (exact) mass is 276 g/mol. The van der Waals surface area contributed by atoms with Gasteiger partial charge >= 0.3 is 5.97 Å². The number of hydrogen-bond donors (Lipinski definition) is 2. The van der Waals surface area contributed by atoms with Crippen LogP contribution < -0.4 is 5.73 Å². The number of carboxylic acid groups (broad SMARTS) is 1. The van der Waals surface area contributed by atoms with E-state index in [1.165, 1.54) is 4.90 Å². The van der Waals surface area contributed by atoms with Gasteiger partial charge in [-0.15, -0.1) is 0 Å². The van der Waals surface area contributed by atoms with Crippen LogP contribution in [0.1, 0.15) is 36.4 Å². The molecule has 3 N–H and O–H groups in total. The summed E-state index contributed by atoms with van der Waals surface area (Å²) in [7, 11) is 0. The second-order valence-electron chi connectivity index (χ2n) is 5.27. The molecule has 2 atom stereocenters. The number of nitrogens with zero attached hydrogens (tertiary/aromatic N) is 1. The van der Waals surface area contributed by atoms with Crippen molar-refractivity contribution in [2.24, 2.45) is 5.73 Å². The summed E-state index contributed by atoms with van der Waals surface area (Å²) >= 11 is 0. The molecule has 1 aliphatic rings. The van der Waals surface area contributed by atoms with Crippen molar-refractivity contribution in [1.82, 2.24) is 4.90 Å². The number of carbonyl (C=O) groups is 2. The third-order valence-electron chi connectivity index (χ3n) is 3.77. The van der Waals surface area contributed by atoms with Gasteiger partial charge in [-0.05, 0) is 31.7 Å². The summed E-state index contributed by atoms with van der Waals surface area (Å²) in [5.74, 6) is -1.25. The van der Waals surface area contributed by atoms with Crippen molar-refractivity contribution in [1.29, 1.82) is 0 Å². The van der Waals surface area contributed by atoms with E-state index in [9.17, 15) is 14.7 Å². The molecule has 0 saturated carbocycles. The van der Waals surface area contributed by atoms with Gasteiger partial charge in [-0.25, -0.2) is 4.79 Å². The number of likely N-dealkylation sites (tertiary alicyclic amines) is 1. The number of rotatable bonds is 3. The topological polar surface area (TPSA) is 83.6 Å². The van der Waals surface area contributed by atoms with Gasteiger partial charge in [0.25, 0.3) is 0 Å². The Morgan fingerprint density at radius 1 is 1.30 bits per heavy atom. The van der Waals surface area contributed by atoms with Crippen molar-refractivity contribution in [3.8, 4) is 0 Å². The molecule has 0 aromatic heterocycles. The van der Waals surface area contributed by atoms with Crippen LogP contribution in [0.15, 0.2) is 24.3 Å². The summed E-state index contributed by atoms with van der Waals surface area (Å²) in [6.07, 6.45) is 2.17. The summed E-state index contributed by atoms with van der Waals surface area (Å²) in [5.41, 5.74) is 7.81. The first-order chi connectivity index (χ1) is 9.50. The number of carboxylic acids is 1. The van der Waals surface area contributed by atoms with Crippen LogP contribution in [-0.2, 0) is 9.59 Å². The lowest BCUT2D eigenvalue weighted by Gasteiger charge is -2.34. The SMILES string of the molecule is Cc1ccc(C(N)C(=O)N2CCCCC2C(=O)O)cc1. The predicted molar refractivity (Wildman–Crippen MR) is 75.1 cm³/mol. The van der Waals surface area contributed by atoms with Crippen LogP contribution in [-0.4, -0.2) is 34.5 Å². The van der Waals surface area contributed by atoms with Gasteiger partial charge in [-0.2, -0.15) is 0 Å². The zero-order chi connectivity index (χ0) is 14.7. The molecule has 1 aromatic carbocycles. The Kier molecular flexibility index (Phi) is 4.39. The lowest BCUT2D eigenvalue weighted by molar-refractivity contribution is -0.152. The Labute approximate surface area is 118 Å². The lowest BCUT2D eigenvalue weighted by atomic mass is 9.99. The first kappa shape index (κ1) is 14.5. The largest absolute Gasteiger partial charge is 0.480 e. The highest BCUT2D eigenvalue weighted by Gasteiger charge is 2.34. The minimum absolute atomic E-state index is 0.305. The van der Waals surface area contributed by atoms with E-state index < -0.39 is 18.1 Å². The molecule has 1 aromatic rings. The number of carbonyl (C=O) groups excluding carboxylic acids is 1. The predicted octanol–water partition coefficient (Wildman–Crippen LogP) is 1.46. The number of hydrogen-bond acceptors (Lipinski definition) is 3. The van der Waals surface area contributed by atoms with Crippen molar-refractivity contribution >= 4 is 11.9 Å². The molecule has 2 rings (SSSR count). The quantitative estimate of drug-likeness (QED) is 0.875. The molecule has 20 heavy (non-hydrogen) atoms. The summed E-state index contributed by atoms with van der Waals surface area (Å²) in [4.78, 5) is 25.1. The van der Waals surface area contributed by atoms with E-state index in [1.54, 1.807) is 0 Å². The average Bonchev–Trinajstić information content (AvgIpc) is 2.46. The van der Waals surface area contributed by atoms with E-state index in [-0.39, 0.29) is 5.91 Å². The van der Waals surface area contributed by atoms with Crippen LogP contribution in [0.25, 0.3) is 0 Å². The van der Waals surface area contributed by atoms with Gasteiger partial charge in [0.15, 0.2) is 0 Å². The Balaban J connectivity index is 2.16. The first-order valence-electron chi connectivity index (χ1n) is 6.86. The van der Waals surface area contributed by atoms with E-state index in [0.717, 1.165) is 24.0 Å². The summed E-state index contributed by atoms with van der Waals surface area (Å²) in [6, 6.07) is 5.89. The Morgan fingerprint density at radius 2 is 1.95 bits per heavy atom. The Hall–Kier alpha value is -1.88. The van der Waals surface area contributed by atoms with Gasteiger partial charge in [0, 0.05) is 6.54 Å². The highest BCUT2D eigenvalue weighted by Crippen LogP contribution is 2.22. The van der Waals surface area contributed by atoms with Gasteiger partial charge < -0.3 is 15.7 Å². The van der Waals surface area contributed by atoms with E-state index in [2.05, 4.69) is 0 Å². The van der Waals surface area contributed by atoms with Crippen molar-refractivity contribution in [3.05, 3.63) is 35.4 Å². The van der Waals surface area contributed by atoms with E-state index in [1.807, 2.05) is 31.2 Å². The van der Waals surface area contributed by atoms with Crippen LogP contribution in [0, 0.1) is 6.92 Å². The van der Waals surface area contributed by atoms with Crippen LogP contribution in [0.2, 0.25) is 0 Å². The molecule has 1 saturated heterocycles. The molecule has 2 unspecified atom stereocenters. The van der Waals surface area contributed by atoms with Gasteiger partial charge in [0.05, 0.1) is 0 Å². The molecule has 5 heteroatoms. The summed E-state index contributed by atoms with van der Waals surface area (Å²) < 4.78 is 0. The third-order valence-corrected chi connectivity index (χ3v) is 3.77. The molecule has 1 heterocycles. The maximum Gasteiger partial charge on any atom is 0.326 e. The van der Waals surface area contributed by atoms with Crippen LogP contribution in [0.5, 0.6) is 0 Å². The highest BCUT2D eigenvalue weighted by molar-refractivity contribution is 5.88. The molecule has 0 aliphatic carbocycles. The summed E-state index contributed by atoms with van der Waals surface area (Å²) in [6.45, 7) is 2.43. The lowest BCUT2D eigenvalue weighted by Crippen LogP contribution is -2.50. The fraction of sp³-hybridized carbons (Fsp3) is 0.467. The van der Waals surface area contributed by atoms with Gasteiger partial charge in [0.1, 0.15) is 12.1 Å². The van der Waals surface area contributed by atoms with Crippen molar-refractivity contribution < 1.29 is 14.7 Å². The highest BCUT2D eigenvalue weighted by atomic mass is 16.4. The fourth-order valence-corrected chi connectivity index (χ4v) is 2.55. The van der Waals surface area contributed by atoms with Crippen LogP contribution >= 0.6 is 0 Å². The summed E-state index contributed by atoms with van der Waals surface area (Å²) in [5, 5.41) is 9.21. The van der Waals surface area contributed by atoms with Crippen LogP contribution in [0.3, 0.4) is 0 Å². The van der Waals surface area contributed by atoms with Crippen molar-refractivity contribution in [2.45, 2.75) is 38.3 Å². The fourth-order valence-electron chi connectivity index (χ4n) is 2.55. The molecule has 0 spiro atoms. The molecule has 1 amide bonds. The van der Waals surface area contributed by atoms with Gasteiger partial charge in [-0.3, -0.25) is 4.79 Å². The molecular weight excluding hydrogens is 256 g/mol. The number of amides is 1. The molecule has 5 nitrogen and oxygen atoms in total. The van der Waals surface area contributed by atoms with Gasteiger partial charge in [0.2, 0.25) is 5.91 Å². The zero-order valence-electron chi connectivity index (χ0n) is 11.6. The van der Waals surface area contributed by atoms with E-state index in [0.29, 0.717) is 13.0 Å². The molecule has 1 aliphatic heterocycles. The van der Waals surface area contributed by atoms with Crippen molar-refractivity contribution in [3.63, 3.8) is 0 Å². The Morgan fingerprint density at radius 3 is 2.55 bits per heavy atom. The number of piperidine rings is 1. The average molecular weight is 276 g/mol. The maximum absolute atomic E-state index is 12.4. The number of benzene rings is 1. The van der Waals surface area contributed by atoms with E-state index in [4.69, 9.17) is 5.73 Å². The normalized spacial score (nSPS) is 20.5. The zero-order valence-corrected chi connectivity index (χ0v) is 11.6. The standard InChI is InChI=1S/C15H20N2O3/c1-10-5-7-11(8-6-10)13(16)14(18)17-9-3-2-4-12(17)15(19)20/h5-8,12-13H,2-4,9,16H2,1H3,(H,19,20). The molecule has 1 fully saturated rings. The number of aryl methyl sites for hydroxylation is 1. The van der Waals surface area contributed by atoms with Crippen molar-refractivity contribution in [2.75, 3.05) is 6.54 Å². The number of aliphatic carboxylic acids is 1. The smallest absolute Gasteiger partial charge is 0.326 e. The number of nitrogens with two attached hydrogens (primary N) is 1. The van der Waals surface area contributed by atoms with E-state index >= 15 is 0 Å². The Bertz CT molecular complexity index is 498. The molecular formula is C15H20N2O3. The molecule has 108 valence electrons. The molecule has 0 bridgehead atoms. The first-order valence-corrected chi connectivity index (χ1v) is 6.86. The van der Waals surface area contributed by atoms with Gasteiger partial charge in [-0.1, -0.05) is 29.8 Å². The second kappa shape index (κ2) is 6.05. The molecule has 0 radical (unpaired) electrons. The van der Waals surface area contributed by atoms with Crippen LogP contribution in [0.4, 0.5) is 0 Å².